The van der Waals surface area contributed by atoms with Gasteiger partial charge in [-0.05, 0) is 44.0 Å². The van der Waals surface area contributed by atoms with Crippen LogP contribution in [0.25, 0.3) is 0 Å². The van der Waals surface area contributed by atoms with Gasteiger partial charge in [-0.25, -0.2) is 0 Å². The number of piperidine rings is 1. The van der Waals surface area contributed by atoms with Gasteiger partial charge in [0.05, 0.1) is 5.56 Å². The monoisotopic (exact) mass is 278 g/mol. The van der Waals surface area contributed by atoms with E-state index in [-0.39, 0.29) is 23.0 Å². The molecular weight excluding hydrogens is 256 g/mol. The van der Waals surface area contributed by atoms with Gasteiger partial charge in [0.2, 0.25) is 0 Å². The number of carbonyl (C=O) groups excluding carboxylic acids is 1. The van der Waals surface area contributed by atoms with Gasteiger partial charge < -0.3 is 20.4 Å². The Balaban J connectivity index is 1.96. The molecule has 2 rings (SSSR count). The molecule has 1 fully saturated rings. The predicted molar refractivity (Wildman–Crippen MR) is 76.9 cm³/mol. The van der Waals surface area contributed by atoms with Crippen LogP contribution in [0.1, 0.15) is 30.1 Å². The van der Waals surface area contributed by atoms with Crippen LogP contribution < -0.4 is 5.32 Å². The number of phenols is 2. The first-order valence-electron chi connectivity index (χ1n) is 7.14. The number of amides is 1. The fourth-order valence-corrected chi connectivity index (χ4v) is 2.56. The Bertz CT molecular complexity index is 468. The molecular formula is C15H22N2O3. The summed E-state index contributed by atoms with van der Waals surface area (Å²) in [6.45, 7) is 5.45. The van der Waals surface area contributed by atoms with E-state index in [1.807, 2.05) is 0 Å². The summed E-state index contributed by atoms with van der Waals surface area (Å²) >= 11 is 0. The van der Waals surface area contributed by atoms with Gasteiger partial charge in [-0.1, -0.05) is 13.0 Å². The SMILES string of the molecule is CCNCC1CCN(C(=O)c2cccc(O)c2O)CC1. The van der Waals surface area contributed by atoms with Gasteiger partial charge in [-0.3, -0.25) is 4.79 Å². The molecule has 0 aliphatic carbocycles. The number of nitrogens with one attached hydrogen (secondary N) is 1. The molecule has 1 heterocycles. The molecule has 1 amide bonds. The van der Waals surface area contributed by atoms with Crippen molar-refractivity contribution in [2.24, 2.45) is 5.92 Å². The van der Waals surface area contributed by atoms with Crippen molar-refractivity contribution >= 4 is 5.91 Å². The van der Waals surface area contributed by atoms with Gasteiger partial charge in [0, 0.05) is 13.1 Å². The largest absolute Gasteiger partial charge is 0.504 e. The molecule has 0 radical (unpaired) electrons. The first kappa shape index (κ1) is 14.7. The van der Waals surface area contributed by atoms with Crippen LogP contribution in [0.15, 0.2) is 18.2 Å². The topological polar surface area (TPSA) is 72.8 Å². The number of benzene rings is 1. The van der Waals surface area contributed by atoms with Crippen LogP contribution in [-0.4, -0.2) is 47.2 Å². The smallest absolute Gasteiger partial charge is 0.257 e. The van der Waals surface area contributed by atoms with E-state index in [9.17, 15) is 15.0 Å². The van der Waals surface area contributed by atoms with Crippen molar-refractivity contribution in [1.29, 1.82) is 0 Å². The molecule has 5 heteroatoms. The van der Waals surface area contributed by atoms with Gasteiger partial charge in [0.15, 0.2) is 11.5 Å². The standard InChI is InChI=1S/C15H22N2O3/c1-2-16-10-11-6-8-17(9-7-11)15(20)12-4-3-5-13(18)14(12)19/h3-5,11,16,18-19H,2,6-10H2,1H3. The molecule has 1 saturated heterocycles. The second kappa shape index (κ2) is 6.61. The van der Waals surface area contributed by atoms with Gasteiger partial charge >= 0.3 is 0 Å². The molecule has 0 saturated carbocycles. The number of nitrogens with zero attached hydrogens (tertiary/aromatic N) is 1. The molecule has 1 aromatic carbocycles. The fraction of sp³-hybridized carbons (Fsp3) is 0.533. The third-order valence-electron chi connectivity index (χ3n) is 3.83. The zero-order valence-corrected chi connectivity index (χ0v) is 11.8. The fourth-order valence-electron chi connectivity index (χ4n) is 2.56. The highest BCUT2D eigenvalue weighted by molar-refractivity contribution is 5.97. The van der Waals surface area contributed by atoms with Crippen molar-refractivity contribution in [2.45, 2.75) is 19.8 Å². The number of aromatic hydroxyl groups is 2. The second-order valence-corrected chi connectivity index (χ2v) is 5.22. The Morgan fingerprint density at radius 2 is 2.05 bits per heavy atom. The average Bonchev–Trinajstić information content (AvgIpc) is 2.48. The number of likely N-dealkylation sites (tertiary alicyclic amines) is 1. The van der Waals surface area contributed by atoms with Crippen LogP contribution in [0, 0.1) is 5.92 Å². The summed E-state index contributed by atoms with van der Waals surface area (Å²) in [7, 11) is 0. The van der Waals surface area contributed by atoms with Crippen LogP contribution in [-0.2, 0) is 0 Å². The van der Waals surface area contributed by atoms with Crippen molar-refractivity contribution in [1.82, 2.24) is 10.2 Å². The van der Waals surface area contributed by atoms with E-state index in [0.29, 0.717) is 19.0 Å². The van der Waals surface area contributed by atoms with Crippen LogP contribution in [0.4, 0.5) is 0 Å². The molecule has 0 aromatic heterocycles. The van der Waals surface area contributed by atoms with Crippen LogP contribution in [0.3, 0.4) is 0 Å². The normalized spacial score (nSPS) is 16.4. The molecule has 0 atom stereocenters. The van der Waals surface area contributed by atoms with E-state index >= 15 is 0 Å². The third-order valence-corrected chi connectivity index (χ3v) is 3.83. The average molecular weight is 278 g/mol. The number of hydrogen-bond donors (Lipinski definition) is 3. The van der Waals surface area contributed by atoms with E-state index in [1.165, 1.54) is 6.07 Å². The Kier molecular flexibility index (Phi) is 4.84. The molecule has 20 heavy (non-hydrogen) atoms. The number of carbonyl (C=O) groups is 1. The second-order valence-electron chi connectivity index (χ2n) is 5.22. The molecule has 1 aliphatic rings. The van der Waals surface area contributed by atoms with Crippen molar-refractivity contribution in [3.05, 3.63) is 23.8 Å². The van der Waals surface area contributed by atoms with Gasteiger partial charge in [0.1, 0.15) is 0 Å². The van der Waals surface area contributed by atoms with Crippen LogP contribution >= 0.6 is 0 Å². The lowest BCUT2D eigenvalue weighted by molar-refractivity contribution is 0.0686. The number of hydrogen-bond acceptors (Lipinski definition) is 4. The minimum absolute atomic E-state index is 0.176. The summed E-state index contributed by atoms with van der Waals surface area (Å²) in [4.78, 5) is 14.1. The summed E-state index contributed by atoms with van der Waals surface area (Å²) in [5.74, 6) is -0.178. The molecule has 0 spiro atoms. The lowest BCUT2D eigenvalue weighted by atomic mass is 9.96. The maximum Gasteiger partial charge on any atom is 0.257 e. The van der Waals surface area contributed by atoms with E-state index in [0.717, 1.165) is 25.9 Å². The predicted octanol–water partition coefficient (Wildman–Crippen LogP) is 1.56. The van der Waals surface area contributed by atoms with Crippen molar-refractivity contribution in [3.63, 3.8) is 0 Å². The summed E-state index contributed by atoms with van der Waals surface area (Å²) in [6.07, 6.45) is 1.94. The minimum Gasteiger partial charge on any atom is -0.504 e. The van der Waals surface area contributed by atoms with Crippen LogP contribution in [0.2, 0.25) is 0 Å². The Morgan fingerprint density at radius 1 is 1.35 bits per heavy atom. The van der Waals surface area contributed by atoms with Gasteiger partial charge in [-0.2, -0.15) is 0 Å². The van der Waals surface area contributed by atoms with E-state index in [1.54, 1.807) is 17.0 Å². The number of rotatable bonds is 4. The lowest BCUT2D eigenvalue weighted by Gasteiger charge is -2.32. The van der Waals surface area contributed by atoms with E-state index < -0.39 is 0 Å². The van der Waals surface area contributed by atoms with Gasteiger partial charge in [0.25, 0.3) is 5.91 Å². The highest BCUT2D eigenvalue weighted by atomic mass is 16.3. The summed E-state index contributed by atoms with van der Waals surface area (Å²) in [5, 5.41) is 22.6. The molecule has 1 aliphatic heterocycles. The molecule has 5 nitrogen and oxygen atoms in total. The maximum absolute atomic E-state index is 12.3. The first-order valence-corrected chi connectivity index (χ1v) is 7.14. The van der Waals surface area contributed by atoms with E-state index in [4.69, 9.17) is 0 Å². The Morgan fingerprint density at radius 3 is 2.70 bits per heavy atom. The quantitative estimate of drug-likeness (QED) is 0.731. The molecule has 110 valence electrons. The highest BCUT2D eigenvalue weighted by Gasteiger charge is 2.25. The maximum atomic E-state index is 12.3. The number of para-hydroxylation sites is 1. The molecule has 3 N–H and O–H groups in total. The summed E-state index contributed by atoms with van der Waals surface area (Å²) < 4.78 is 0. The molecule has 1 aromatic rings. The zero-order chi connectivity index (χ0) is 14.5. The first-order chi connectivity index (χ1) is 9.63. The summed E-state index contributed by atoms with van der Waals surface area (Å²) in [6, 6.07) is 4.48. The van der Waals surface area contributed by atoms with Crippen molar-refractivity contribution < 1.29 is 15.0 Å². The van der Waals surface area contributed by atoms with E-state index in [2.05, 4.69) is 12.2 Å². The summed E-state index contributed by atoms with van der Waals surface area (Å²) in [5.41, 5.74) is 0.176. The Hall–Kier alpha value is -1.75. The Labute approximate surface area is 119 Å². The van der Waals surface area contributed by atoms with Crippen molar-refractivity contribution in [3.8, 4) is 11.5 Å². The molecule has 0 bridgehead atoms. The highest BCUT2D eigenvalue weighted by Crippen LogP contribution is 2.30. The molecule has 0 unspecified atom stereocenters. The zero-order valence-electron chi connectivity index (χ0n) is 11.8. The van der Waals surface area contributed by atoms with Crippen LogP contribution in [0.5, 0.6) is 11.5 Å². The minimum atomic E-state index is -0.327. The third kappa shape index (κ3) is 3.22. The van der Waals surface area contributed by atoms with Gasteiger partial charge in [-0.15, -0.1) is 0 Å². The van der Waals surface area contributed by atoms with Crippen molar-refractivity contribution in [2.75, 3.05) is 26.2 Å². The number of phenolic OH excluding ortho intramolecular Hbond substituents is 2. The lowest BCUT2D eigenvalue weighted by Crippen LogP contribution is -2.40.